The molecule has 1 N–H and O–H groups in total. The molecule has 5 heterocycles. The first kappa shape index (κ1) is 20.7. The largest absolute Gasteiger partial charge is 0.348 e. The van der Waals surface area contributed by atoms with Crippen molar-refractivity contribution in [1.29, 1.82) is 0 Å². The van der Waals surface area contributed by atoms with E-state index >= 15 is 0 Å². The summed E-state index contributed by atoms with van der Waals surface area (Å²) >= 11 is 0. The summed E-state index contributed by atoms with van der Waals surface area (Å²) in [5, 5.41) is 14.1. The van der Waals surface area contributed by atoms with Crippen molar-refractivity contribution in [2.24, 2.45) is 23.7 Å². The van der Waals surface area contributed by atoms with E-state index in [0.717, 1.165) is 30.4 Å². The van der Waals surface area contributed by atoms with Gasteiger partial charge in [0, 0.05) is 23.8 Å². The Labute approximate surface area is 187 Å². The fourth-order valence-electron chi connectivity index (χ4n) is 6.28. The second kappa shape index (κ2) is 7.56. The van der Waals surface area contributed by atoms with Crippen LogP contribution in [0, 0.1) is 23.7 Å². The topological polar surface area (TPSA) is 101 Å². The molecule has 0 unspecified atom stereocenters. The van der Waals surface area contributed by atoms with Crippen LogP contribution >= 0.6 is 0 Å². The first-order chi connectivity index (χ1) is 15.5. The second-order valence-corrected chi connectivity index (χ2v) is 10.0. The van der Waals surface area contributed by atoms with Gasteiger partial charge < -0.3 is 14.2 Å². The molecule has 4 aliphatic heterocycles. The van der Waals surface area contributed by atoms with Gasteiger partial charge in [-0.3, -0.25) is 0 Å². The highest BCUT2D eigenvalue weighted by atomic mass is 17.3. The lowest BCUT2D eigenvalue weighted by Gasteiger charge is -2.60. The summed E-state index contributed by atoms with van der Waals surface area (Å²) in [6.07, 6.45) is 3.22. The van der Waals surface area contributed by atoms with E-state index in [0.29, 0.717) is 24.3 Å². The Morgan fingerprint density at radius 1 is 1.09 bits per heavy atom. The van der Waals surface area contributed by atoms with Crippen LogP contribution in [0.5, 0.6) is 0 Å². The lowest BCUT2D eigenvalue weighted by Crippen LogP contribution is -2.70. The molecule has 2 bridgehead atoms. The van der Waals surface area contributed by atoms with Gasteiger partial charge in [0.2, 0.25) is 11.6 Å². The lowest BCUT2D eigenvalue weighted by atomic mass is 9.58. The molecule has 172 valence electrons. The Hall–Kier alpha value is -1.91. The van der Waals surface area contributed by atoms with Gasteiger partial charge in [0.05, 0.1) is 6.61 Å². The maximum atomic E-state index is 6.48. The van der Waals surface area contributed by atoms with Crippen molar-refractivity contribution in [2.75, 3.05) is 0 Å². The zero-order chi connectivity index (χ0) is 21.9. The number of aromatic nitrogens is 4. The monoisotopic (exact) mass is 442 g/mol. The Bertz CT molecular complexity index is 956. The number of H-pyrrole nitrogens is 1. The smallest absolute Gasteiger partial charge is 0.204 e. The zero-order valence-electron chi connectivity index (χ0n) is 18.7. The highest BCUT2D eigenvalue weighted by Crippen LogP contribution is 2.60. The molecule has 1 aliphatic carbocycles. The summed E-state index contributed by atoms with van der Waals surface area (Å²) in [5.41, 5.74) is 1.40. The number of aromatic amines is 1. The van der Waals surface area contributed by atoms with E-state index in [2.05, 4.69) is 34.5 Å². The van der Waals surface area contributed by atoms with E-state index in [9.17, 15) is 0 Å². The van der Waals surface area contributed by atoms with Crippen molar-refractivity contribution in [1.82, 2.24) is 20.6 Å². The highest BCUT2D eigenvalue weighted by Gasteiger charge is 2.69. The third-order valence-electron chi connectivity index (χ3n) is 8.07. The Morgan fingerprint density at radius 3 is 2.72 bits per heavy atom. The Morgan fingerprint density at radius 2 is 1.94 bits per heavy atom. The predicted molar refractivity (Wildman–Crippen MR) is 111 cm³/mol. The van der Waals surface area contributed by atoms with Crippen molar-refractivity contribution >= 4 is 0 Å². The standard InChI is InChI=1S/C23H30N4O5/c1-13-4-9-18-14(2)20(28-12-15-5-7-16(8-6-15)19-24-26-27-25-19)29-21-23(18)17(13)10-11-22(3,30-21)31-32-23/h5-8,13-14,17-18,20-21H,4,9-12H2,1-3H3,(H,24,25,26,27)/t13-,14-,17+,18+,20-,21-,22-,23-/m1/s1. The maximum Gasteiger partial charge on any atom is 0.204 e. The molecule has 9 heteroatoms. The van der Waals surface area contributed by atoms with Crippen molar-refractivity contribution in [3.05, 3.63) is 29.8 Å². The molecule has 7 rings (SSSR count). The summed E-state index contributed by atoms with van der Waals surface area (Å²) in [5.74, 6) is 1.13. The molecule has 1 saturated carbocycles. The van der Waals surface area contributed by atoms with E-state index in [1.807, 2.05) is 31.2 Å². The van der Waals surface area contributed by atoms with Crippen LogP contribution in [0.25, 0.3) is 11.4 Å². The van der Waals surface area contributed by atoms with Gasteiger partial charge in [0.15, 0.2) is 18.2 Å². The number of nitrogens with one attached hydrogen (secondary N) is 1. The summed E-state index contributed by atoms with van der Waals surface area (Å²) in [4.78, 5) is 12.1. The molecule has 0 radical (unpaired) electrons. The van der Waals surface area contributed by atoms with Crippen LogP contribution in [-0.4, -0.2) is 44.6 Å². The molecule has 32 heavy (non-hydrogen) atoms. The van der Waals surface area contributed by atoms with E-state index in [-0.39, 0.29) is 18.1 Å². The van der Waals surface area contributed by atoms with Gasteiger partial charge in [-0.1, -0.05) is 38.1 Å². The van der Waals surface area contributed by atoms with Gasteiger partial charge in [0.25, 0.3) is 0 Å². The minimum absolute atomic E-state index is 0.162. The second-order valence-electron chi connectivity index (χ2n) is 10.0. The fraction of sp³-hybridized carbons (Fsp3) is 0.696. The van der Waals surface area contributed by atoms with Crippen molar-refractivity contribution in [2.45, 2.75) is 77.0 Å². The van der Waals surface area contributed by atoms with Gasteiger partial charge in [0.1, 0.15) is 0 Å². The minimum Gasteiger partial charge on any atom is -0.348 e. The number of tetrazole rings is 1. The third-order valence-corrected chi connectivity index (χ3v) is 8.07. The molecule has 2 aromatic rings. The van der Waals surface area contributed by atoms with Crippen LogP contribution in [-0.2, 0) is 30.6 Å². The molecule has 8 atom stereocenters. The lowest BCUT2D eigenvalue weighted by molar-refractivity contribution is -0.577. The number of hydrogen-bond donors (Lipinski definition) is 1. The van der Waals surface area contributed by atoms with E-state index in [1.165, 1.54) is 6.42 Å². The molecule has 1 aromatic carbocycles. The van der Waals surface area contributed by atoms with Crippen molar-refractivity contribution in [3.8, 4) is 11.4 Å². The van der Waals surface area contributed by atoms with Crippen LogP contribution < -0.4 is 0 Å². The molecule has 9 nitrogen and oxygen atoms in total. The van der Waals surface area contributed by atoms with Crippen LogP contribution in [0.1, 0.15) is 52.0 Å². The van der Waals surface area contributed by atoms with Crippen LogP contribution in [0.3, 0.4) is 0 Å². The summed E-state index contributed by atoms with van der Waals surface area (Å²) in [6.45, 7) is 6.92. The van der Waals surface area contributed by atoms with Crippen LogP contribution in [0.15, 0.2) is 24.3 Å². The SMILES string of the molecule is C[C@H]1[C@H](OCc2ccc(-c3nn[nH]n3)cc2)O[C@@H]2O[C@@]3(C)CC[C@H]4[C@H](C)CC[C@@H]1[C@@]24OO3. The summed E-state index contributed by atoms with van der Waals surface area (Å²) < 4.78 is 19.2. The van der Waals surface area contributed by atoms with Crippen LogP contribution in [0.4, 0.5) is 0 Å². The Balaban J connectivity index is 1.21. The summed E-state index contributed by atoms with van der Waals surface area (Å²) in [7, 11) is 0. The molecular formula is C23H30N4O5. The van der Waals surface area contributed by atoms with Gasteiger partial charge in [-0.25, -0.2) is 9.78 Å². The molecular weight excluding hydrogens is 412 g/mol. The maximum absolute atomic E-state index is 6.48. The van der Waals surface area contributed by atoms with Gasteiger partial charge in [-0.15, -0.1) is 10.2 Å². The predicted octanol–water partition coefficient (Wildman–Crippen LogP) is 3.59. The molecule has 0 amide bonds. The molecule has 1 spiro atoms. The number of ether oxygens (including phenoxy) is 3. The molecule has 5 aliphatic rings. The van der Waals surface area contributed by atoms with Gasteiger partial charge in [-0.05, 0) is 48.8 Å². The number of fused-ring (bicyclic) bond motifs is 2. The number of benzene rings is 1. The van der Waals surface area contributed by atoms with Crippen molar-refractivity contribution in [3.63, 3.8) is 0 Å². The van der Waals surface area contributed by atoms with E-state index < -0.39 is 17.7 Å². The first-order valence-electron chi connectivity index (χ1n) is 11.6. The van der Waals surface area contributed by atoms with E-state index in [1.54, 1.807) is 0 Å². The van der Waals surface area contributed by atoms with Crippen molar-refractivity contribution < 1.29 is 24.0 Å². The van der Waals surface area contributed by atoms with Gasteiger partial charge >= 0.3 is 0 Å². The Kier molecular flexibility index (Phi) is 4.89. The molecule has 5 fully saturated rings. The van der Waals surface area contributed by atoms with E-state index in [4.69, 9.17) is 24.0 Å². The fourth-order valence-corrected chi connectivity index (χ4v) is 6.28. The number of hydrogen-bond acceptors (Lipinski definition) is 8. The molecule has 4 saturated heterocycles. The third kappa shape index (κ3) is 3.13. The average molecular weight is 443 g/mol. The zero-order valence-corrected chi connectivity index (χ0v) is 18.7. The minimum atomic E-state index is -0.770. The highest BCUT2D eigenvalue weighted by molar-refractivity contribution is 5.53. The quantitative estimate of drug-likeness (QED) is 0.717. The molecule has 1 aromatic heterocycles. The number of rotatable bonds is 4. The van der Waals surface area contributed by atoms with Crippen LogP contribution in [0.2, 0.25) is 0 Å². The number of nitrogens with zero attached hydrogens (tertiary/aromatic N) is 3. The first-order valence-corrected chi connectivity index (χ1v) is 11.6. The normalized spacial score (nSPS) is 43.0. The van der Waals surface area contributed by atoms with Gasteiger partial charge in [-0.2, -0.15) is 5.21 Å². The average Bonchev–Trinajstić information content (AvgIpc) is 3.24. The summed E-state index contributed by atoms with van der Waals surface area (Å²) in [6, 6.07) is 7.97.